The van der Waals surface area contributed by atoms with Gasteiger partial charge in [-0.3, -0.25) is 20.1 Å². The average Bonchev–Trinajstić information content (AvgIpc) is 3.38. The van der Waals surface area contributed by atoms with E-state index in [0.29, 0.717) is 63.9 Å². The fourth-order valence-electron chi connectivity index (χ4n) is 7.26. The molecule has 0 saturated carbocycles. The number of amides is 3. The quantitative estimate of drug-likeness (QED) is 0.0279. The van der Waals surface area contributed by atoms with Crippen LogP contribution in [0.1, 0.15) is 85.5 Å². The van der Waals surface area contributed by atoms with Gasteiger partial charge < -0.3 is 45.4 Å². The van der Waals surface area contributed by atoms with Gasteiger partial charge in [0.05, 0.1) is 45.3 Å². The molecule has 0 aliphatic carbocycles. The van der Waals surface area contributed by atoms with Gasteiger partial charge in [0.15, 0.2) is 0 Å². The minimum Gasteiger partial charge on any atom is -0.408 e. The van der Waals surface area contributed by atoms with Crippen LogP contribution in [0.5, 0.6) is 11.5 Å². The second-order valence-electron chi connectivity index (χ2n) is 16.2. The molecule has 17 nitrogen and oxygen atoms in total. The van der Waals surface area contributed by atoms with Gasteiger partial charge in [0.25, 0.3) is 5.69 Å². The topological polar surface area (TPSA) is 233 Å². The van der Waals surface area contributed by atoms with Gasteiger partial charge in [0.2, 0.25) is 0 Å². The first kappa shape index (κ1) is 59.8. The average molecular weight is 1070 g/mol. The summed E-state index contributed by atoms with van der Waals surface area (Å²) < 4.78 is 60.6. The maximum atomic E-state index is 14.1. The minimum atomic E-state index is -4.79. The summed E-state index contributed by atoms with van der Waals surface area (Å²) in [5, 5.41) is 54.3. The third kappa shape index (κ3) is 16.9. The van der Waals surface area contributed by atoms with E-state index in [2.05, 4.69) is 31.4 Å². The van der Waals surface area contributed by atoms with E-state index in [9.17, 15) is 47.6 Å². The van der Waals surface area contributed by atoms with Crippen molar-refractivity contribution in [2.75, 3.05) is 49.8 Å². The number of nitro benzene ring substituents is 1. The number of nitrogens with zero attached hydrogens (tertiary/aromatic N) is 5. The molecule has 4 heterocycles. The lowest BCUT2D eigenvalue weighted by atomic mass is 10.0. The number of hydrogen-bond donors (Lipinski definition) is 6. The number of ether oxygens (including phenoxy) is 2. The molecular formula is C51H57Cl2F4N7O10. The summed E-state index contributed by atoms with van der Waals surface area (Å²) in [6.45, 7) is 7.18. The van der Waals surface area contributed by atoms with E-state index in [1.807, 2.05) is 19.9 Å². The Bertz CT molecular complexity index is 2790. The highest BCUT2D eigenvalue weighted by Crippen LogP contribution is 2.32. The number of aryl methyl sites for hydroxylation is 3. The molecule has 74 heavy (non-hydrogen) atoms. The monoisotopic (exact) mass is 1070 g/mol. The second-order valence-corrected chi connectivity index (χ2v) is 17.0. The molecule has 0 spiro atoms. The lowest BCUT2D eigenvalue weighted by molar-refractivity contribution is -0.384. The number of alkyl halides is 3. The third-order valence-corrected chi connectivity index (χ3v) is 11.9. The molecule has 398 valence electrons. The fourth-order valence-corrected chi connectivity index (χ4v) is 7.86. The number of aliphatic hydroxyl groups excluding tert-OH is 4. The van der Waals surface area contributed by atoms with E-state index in [0.717, 1.165) is 47.5 Å². The maximum absolute atomic E-state index is 14.1. The Balaban J connectivity index is 0.000000253. The number of anilines is 2. The summed E-state index contributed by atoms with van der Waals surface area (Å²) in [5.41, 5.74) is 6.76. The van der Waals surface area contributed by atoms with E-state index >= 15 is 0 Å². The Labute approximate surface area is 434 Å². The highest BCUT2D eigenvalue weighted by Gasteiger charge is 2.32. The van der Waals surface area contributed by atoms with Crippen molar-refractivity contribution in [3.05, 3.63) is 157 Å². The Morgan fingerprint density at radius 3 is 1.96 bits per heavy atom. The van der Waals surface area contributed by atoms with Crippen LogP contribution in [0.2, 0.25) is 10.0 Å². The van der Waals surface area contributed by atoms with Gasteiger partial charge in [-0.05, 0) is 122 Å². The van der Waals surface area contributed by atoms with Gasteiger partial charge in [-0.15, -0.1) is 18.3 Å². The number of nitrogens with one attached hydrogen (secondary N) is 2. The van der Waals surface area contributed by atoms with Crippen molar-refractivity contribution < 1.29 is 62.1 Å². The molecule has 0 bridgehead atoms. The standard InChI is InChI=1S/C22H23ClF3N3O4.C16H15FN2O4.C12H15ClN2O2.CH4/c1-2-13-9-16(3-4-19(13)33-22(24,25)26)28-21(32)29-7-5-14(6-8-29)20-17(23)10-15(11-27-20)18(31)12-30;1-3-12-10-14(5-4-11(12)2)18(17)16(20)23-15-8-6-13(7-9-15)19(21)22;13-10-5-9(11(17)7-16)6-15-12(10)8-1-3-14-4-2-8;/h3-5,9-11,18,30-31H,2,6-8,12H2,1H3,(H,28,32);4-10H,3H2,1-2H3;1,5-6,11,14,16-17H,2-4,7H2;1H4/t18-;;11-;/m1.1./s1. The lowest BCUT2D eigenvalue weighted by Gasteiger charge is -2.27. The smallest absolute Gasteiger partial charge is 0.408 e. The molecule has 5 aromatic rings. The normalized spacial score (nSPS) is 14.0. The zero-order valence-electron chi connectivity index (χ0n) is 39.7. The van der Waals surface area contributed by atoms with E-state index < -0.39 is 42.2 Å². The van der Waals surface area contributed by atoms with Gasteiger partial charge in [0.1, 0.15) is 23.7 Å². The molecule has 0 unspecified atom stereocenters. The first-order valence-corrected chi connectivity index (χ1v) is 23.5. The molecule has 0 saturated heterocycles. The number of urea groups is 1. The summed E-state index contributed by atoms with van der Waals surface area (Å²) in [6, 6.07) is 16.4. The van der Waals surface area contributed by atoms with Crippen LogP contribution in [0.4, 0.5) is 44.3 Å². The highest BCUT2D eigenvalue weighted by atomic mass is 35.5. The van der Waals surface area contributed by atoms with Gasteiger partial charge in [-0.25, -0.2) is 9.59 Å². The predicted octanol–water partition coefficient (Wildman–Crippen LogP) is 10.7. The van der Waals surface area contributed by atoms with Crippen LogP contribution in [-0.2, 0) is 12.8 Å². The molecule has 23 heteroatoms. The largest absolute Gasteiger partial charge is 0.573 e. The molecule has 3 aromatic carbocycles. The van der Waals surface area contributed by atoms with Crippen molar-refractivity contribution in [1.29, 1.82) is 0 Å². The maximum Gasteiger partial charge on any atom is 0.573 e. The number of hydrogen-bond acceptors (Lipinski definition) is 13. The molecule has 2 aliphatic heterocycles. The van der Waals surface area contributed by atoms with Crippen molar-refractivity contribution in [2.45, 2.75) is 72.5 Å². The first-order chi connectivity index (χ1) is 34.7. The Kier molecular flexibility index (Phi) is 22.7. The Hall–Kier alpha value is -6.72. The third-order valence-electron chi connectivity index (χ3n) is 11.3. The second kappa shape index (κ2) is 28.1. The molecule has 2 atom stereocenters. The van der Waals surface area contributed by atoms with Crippen molar-refractivity contribution in [2.24, 2.45) is 0 Å². The molecule has 6 N–H and O–H groups in total. The first-order valence-electron chi connectivity index (χ1n) is 22.7. The van der Waals surface area contributed by atoms with E-state index in [-0.39, 0.29) is 48.6 Å². The zero-order valence-corrected chi connectivity index (χ0v) is 41.2. The van der Waals surface area contributed by atoms with Crippen molar-refractivity contribution in [3.8, 4) is 11.5 Å². The van der Waals surface area contributed by atoms with E-state index in [1.54, 1.807) is 42.3 Å². The van der Waals surface area contributed by atoms with Crippen LogP contribution in [0.25, 0.3) is 11.1 Å². The predicted molar refractivity (Wildman–Crippen MR) is 274 cm³/mol. The molecule has 0 radical (unpaired) electrons. The number of carbonyl (C=O) groups is 2. The number of aliphatic hydroxyl groups is 4. The number of rotatable bonds is 13. The summed E-state index contributed by atoms with van der Waals surface area (Å²) in [7, 11) is 0. The van der Waals surface area contributed by atoms with Gasteiger partial charge >= 0.3 is 18.5 Å². The number of nitro groups is 1. The van der Waals surface area contributed by atoms with Crippen LogP contribution in [0, 0.1) is 17.0 Å². The minimum absolute atomic E-state index is 0. The molecular weight excluding hydrogens is 1020 g/mol. The summed E-state index contributed by atoms with van der Waals surface area (Å²) >= 11 is 12.4. The molecule has 2 aliphatic rings. The molecule has 3 amide bonds. The van der Waals surface area contributed by atoms with E-state index in [1.165, 1.54) is 54.7 Å². The number of benzene rings is 3. The van der Waals surface area contributed by atoms with E-state index in [4.69, 9.17) is 38.2 Å². The Morgan fingerprint density at radius 2 is 1.47 bits per heavy atom. The van der Waals surface area contributed by atoms with Crippen LogP contribution in [0.15, 0.2) is 97.3 Å². The van der Waals surface area contributed by atoms with Crippen molar-refractivity contribution >= 4 is 63.5 Å². The SMILES string of the molecule is C.CCc1cc(N(F)C(=O)Oc2ccc([N+](=O)[O-])cc2)ccc1C.CCc1cc(NC(=O)N2CC=C(c3ncc([C@H](O)CO)cc3Cl)CC2)ccc1OC(F)(F)F.OC[C@@H](O)c1cnc(C2=CCNCC2)c(Cl)c1. The number of aromatic nitrogens is 2. The number of carbonyl (C=O) groups excluding carboxylic acids is 2. The molecule has 0 fully saturated rings. The number of non-ortho nitro benzene ring substituents is 1. The summed E-state index contributed by atoms with van der Waals surface area (Å²) in [6.07, 6.45) is 1.30. The van der Waals surface area contributed by atoms with Crippen LogP contribution in [-0.4, -0.2) is 98.1 Å². The number of halogens is 6. The van der Waals surface area contributed by atoms with Crippen molar-refractivity contribution in [1.82, 2.24) is 20.2 Å². The summed E-state index contributed by atoms with van der Waals surface area (Å²) in [4.78, 5) is 44.5. The lowest BCUT2D eigenvalue weighted by Crippen LogP contribution is -2.38. The van der Waals surface area contributed by atoms with Crippen LogP contribution < -0.4 is 25.2 Å². The van der Waals surface area contributed by atoms with Crippen LogP contribution >= 0.6 is 23.2 Å². The Morgan fingerprint density at radius 1 is 0.878 bits per heavy atom. The van der Waals surface area contributed by atoms with Gasteiger partial charge in [-0.1, -0.05) is 67.2 Å². The highest BCUT2D eigenvalue weighted by molar-refractivity contribution is 6.32. The van der Waals surface area contributed by atoms with Crippen LogP contribution in [0.3, 0.4) is 0 Å². The van der Waals surface area contributed by atoms with Crippen molar-refractivity contribution in [3.63, 3.8) is 0 Å². The van der Waals surface area contributed by atoms with Gasteiger partial charge in [0, 0.05) is 61.0 Å². The molecule has 2 aromatic heterocycles. The van der Waals surface area contributed by atoms with Gasteiger partial charge in [-0.2, -0.15) is 0 Å². The summed E-state index contributed by atoms with van der Waals surface area (Å²) in [5.74, 6) is -0.276. The fraction of sp³-hybridized carbons (Fsp3) is 0.333. The zero-order chi connectivity index (χ0) is 53.4. The number of pyridine rings is 2. The molecule has 7 rings (SSSR count).